The van der Waals surface area contributed by atoms with Gasteiger partial charge < -0.3 is 15.6 Å². The topological polar surface area (TPSA) is 94.3 Å². The summed E-state index contributed by atoms with van der Waals surface area (Å²) in [6.07, 6.45) is 5.48. The number of urea groups is 1. The van der Waals surface area contributed by atoms with Crippen LogP contribution in [0.25, 0.3) is 10.9 Å². The van der Waals surface area contributed by atoms with Crippen molar-refractivity contribution in [3.63, 3.8) is 0 Å². The van der Waals surface area contributed by atoms with E-state index in [-0.39, 0.29) is 12.5 Å². The van der Waals surface area contributed by atoms with Crippen LogP contribution in [-0.4, -0.2) is 40.3 Å². The number of fused-ring (bicyclic) bond motifs is 1. The van der Waals surface area contributed by atoms with Crippen LogP contribution >= 0.6 is 0 Å². The van der Waals surface area contributed by atoms with E-state index in [0.717, 1.165) is 40.6 Å². The van der Waals surface area contributed by atoms with Crippen LogP contribution in [0.2, 0.25) is 0 Å². The number of rotatable bonds is 8. The van der Waals surface area contributed by atoms with Gasteiger partial charge >= 0.3 is 6.03 Å². The quantitative estimate of drug-likeness (QED) is 0.488. The molecule has 1 atom stereocenters. The first-order chi connectivity index (χ1) is 15.0. The first-order valence-corrected chi connectivity index (χ1v) is 10.6. The number of aromatic nitrogens is 1. The number of benzene rings is 2. The maximum atomic E-state index is 12.8. The number of unbranched alkanes of at least 4 members (excludes halogenated alkanes) is 1. The first-order valence-electron chi connectivity index (χ1n) is 10.6. The number of carbonyl (C=O) groups excluding carboxylic acids is 3. The van der Waals surface area contributed by atoms with Crippen molar-refractivity contribution in [3.8, 4) is 0 Å². The van der Waals surface area contributed by atoms with E-state index in [1.54, 1.807) is 0 Å². The molecule has 0 unspecified atom stereocenters. The van der Waals surface area contributed by atoms with E-state index < -0.39 is 18.0 Å². The van der Waals surface area contributed by atoms with Gasteiger partial charge in [0.15, 0.2) is 0 Å². The highest BCUT2D eigenvalue weighted by molar-refractivity contribution is 6.08. The molecular weight excluding hydrogens is 392 g/mol. The fraction of sp³-hybridized carbons (Fsp3) is 0.292. The molecule has 1 aliphatic heterocycles. The highest BCUT2D eigenvalue weighted by Crippen LogP contribution is 2.21. The molecule has 3 N–H and O–H groups in total. The van der Waals surface area contributed by atoms with E-state index in [2.05, 4.69) is 22.5 Å². The summed E-state index contributed by atoms with van der Waals surface area (Å²) in [5.74, 6) is -0.794. The molecule has 160 valence electrons. The number of aryl methyl sites for hydroxylation is 1. The van der Waals surface area contributed by atoms with Gasteiger partial charge in [-0.25, -0.2) is 4.79 Å². The molecule has 0 spiro atoms. The molecular formula is C24H26N4O3. The van der Waals surface area contributed by atoms with Gasteiger partial charge in [0.2, 0.25) is 5.91 Å². The highest BCUT2D eigenvalue weighted by Gasteiger charge is 2.39. The van der Waals surface area contributed by atoms with Gasteiger partial charge in [0.05, 0.1) is 0 Å². The van der Waals surface area contributed by atoms with Gasteiger partial charge in [-0.1, -0.05) is 43.7 Å². The van der Waals surface area contributed by atoms with Gasteiger partial charge in [0.1, 0.15) is 12.6 Å². The van der Waals surface area contributed by atoms with E-state index in [0.29, 0.717) is 12.1 Å². The molecule has 0 saturated carbocycles. The largest absolute Gasteiger partial charge is 0.361 e. The van der Waals surface area contributed by atoms with Crippen LogP contribution in [0.3, 0.4) is 0 Å². The van der Waals surface area contributed by atoms with Gasteiger partial charge in [0, 0.05) is 29.2 Å². The van der Waals surface area contributed by atoms with Crippen LogP contribution in [0.1, 0.15) is 30.9 Å². The van der Waals surface area contributed by atoms with Crippen LogP contribution < -0.4 is 10.6 Å². The predicted molar refractivity (Wildman–Crippen MR) is 120 cm³/mol. The third kappa shape index (κ3) is 4.60. The van der Waals surface area contributed by atoms with Crippen LogP contribution in [0.5, 0.6) is 0 Å². The van der Waals surface area contributed by atoms with Crippen LogP contribution in [0.4, 0.5) is 10.5 Å². The molecule has 1 aromatic heterocycles. The third-order valence-electron chi connectivity index (χ3n) is 5.56. The maximum Gasteiger partial charge on any atom is 0.325 e. The van der Waals surface area contributed by atoms with E-state index in [1.165, 1.54) is 5.56 Å². The number of aromatic amines is 1. The summed E-state index contributed by atoms with van der Waals surface area (Å²) in [7, 11) is 0. The number of nitrogens with zero attached hydrogens (tertiary/aromatic N) is 1. The lowest BCUT2D eigenvalue weighted by Gasteiger charge is -2.13. The van der Waals surface area contributed by atoms with Crippen molar-refractivity contribution in [2.24, 2.45) is 0 Å². The third-order valence-corrected chi connectivity index (χ3v) is 5.56. The predicted octanol–water partition coefficient (Wildman–Crippen LogP) is 3.61. The van der Waals surface area contributed by atoms with Crippen molar-refractivity contribution < 1.29 is 14.4 Å². The molecule has 2 heterocycles. The highest BCUT2D eigenvalue weighted by atomic mass is 16.2. The zero-order valence-electron chi connectivity index (χ0n) is 17.5. The monoisotopic (exact) mass is 418 g/mol. The second-order valence-electron chi connectivity index (χ2n) is 7.84. The number of hydrogen-bond donors (Lipinski definition) is 3. The Kier molecular flexibility index (Phi) is 6.02. The molecule has 2 aromatic carbocycles. The minimum absolute atomic E-state index is 0.313. The summed E-state index contributed by atoms with van der Waals surface area (Å²) in [5.41, 5.74) is 3.79. The first kappa shape index (κ1) is 20.7. The molecule has 31 heavy (non-hydrogen) atoms. The molecule has 1 aliphatic rings. The molecule has 4 rings (SSSR count). The van der Waals surface area contributed by atoms with E-state index in [9.17, 15) is 14.4 Å². The molecule has 3 aromatic rings. The summed E-state index contributed by atoms with van der Waals surface area (Å²) in [6, 6.07) is 14.2. The number of nitrogens with one attached hydrogen (secondary N) is 3. The summed E-state index contributed by atoms with van der Waals surface area (Å²) < 4.78 is 0. The number of anilines is 1. The van der Waals surface area contributed by atoms with E-state index in [4.69, 9.17) is 0 Å². The molecule has 0 bridgehead atoms. The van der Waals surface area contributed by atoms with Gasteiger partial charge in [-0.15, -0.1) is 0 Å². The maximum absolute atomic E-state index is 12.8. The van der Waals surface area contributed by atoms with E-state index >= 15 is 0 Å². The lowest BCUT2D eigenvalue weighted by atomic mass is 10.1. The zero-order chi connectivity index (χ0) is 21.8. The van der Waals surface area contributed by atoms with Crippen LogP contribution in [-0.2, 0) is 22.4 Å². The molecule has 4 amide bonds. The second kappa shape index (κ2) is 9.04. The number of imide groups is 1. The molecule has 1 fully saturated rings. The van der Waals surface area contributed by atoms with Crippen LogP contribution in [0.15, 0.2) is 54.7 Å². The summed E-state index contributed by atoms with van der Waals surface area (Å²) >= 11 is 0. The average Bonchev–Trinajstić information content (AvgIpc) is 3.29. The molecule has 1 saturated heterocycles. The Hall–Kier alpha value is -3.61. The second-order valence-corrected chi connectivity index (χ2v) is 7.84. The van der Waals surface area contributed by atoms with Gasteiger partial charge in [0.25, 0.3) is 5.91 Å². The molecule has 0 aliphatic carbocycles. The van der Waals surface area contributed by atoms with Gasteiger partial charge in [-0.2, -0.15) is 0 Å². The van der Waals surface area contributed by atoms with Crippen molar-refractivity contribution in [3.05, 3.63) is 65.9 Å². The summed E-state index contributed by atoms with van der Waals surface area (Å²) in [4.78, 5) is 41.7. The van der Waals surface area contributed by atoms with Crippen molar-refractivity contribution in [1.82, 2.24) is 15.2 Å². The van der Waals surface area contributed by atoms with Crippen LogP contribution in [0, 0.1) is 0 Å². The summed E-state index contributed by atoms with van der Waals surface area (Å²) in [6.45, 7) is 1.84. The average molecular weight is 418 g/mol. The Morgan fingerprint density at radius 1 is 1.10 bits per heavy atom. The van der Waals surface area contributed by atoms with Crippen molar-refractivity contribution >= 4 is 34.4 Å². The smallest absolute Gasteiger partial charge is 0.325 e. The normalized spacial score (nSPS) is 16.0. The molecule has 7 nitrogen and oxygen atoms in total. The SMILES string of the molecule is CCCCc1ccc(NC(=O)CN2C(=O)N[C@@H](Cc3c[nH]c4ccccc34)C2=O)cc1. The number of hydrogen-bond acceptors (Lipinski definition) is 3. The molecule has 0 radical (unpaired) electrons. The van der Waals surface area contributed by atoms with Crippen molar-refractivity contribution in [2.75, 3.05) is 11.9 Å². The lowest BCUT2D eigenvalue weighted by Crippen LogP contribution is -2.38. The Morgan fingerprint density at radius 3 is 2.65 bits per heavy atom. The standard InChI is InChI=1S/C24H26N4O3/c1-2-3-6-16-9-11-18(12-10-16)26-22(29)15-28-23(30)21(27-24(28)31)13-17-14-25-20-8-5-4-7-19(17)20/h4-5,7-12,14,21,25H,2-3,6,13,15H2,1H3,(H,26,29)(H,27,31)/t21-/m0/s1. The number of para-hydroxylation sites is 1. The Labute approximate surface area is 180 Å². The zero-order valence-corrected chi connectivity index (χ0v) is 17.5. The van der Waals surface area contributed by atoms with Crippen molar-refractivity contribution in [2.45, 2.75) is 38.6 Å². The minimum atomic E-state index is -0.683. The number of amides is 4. The Bertz CT molecular complexity index is 1100. The Balaban J connectivity index is 1.36. The minimum Gasteiger partial charge on any atom is -0.361 e. The van der Waals surface area contributed by atoms with Gasteiger partial charge in [-0.3, -0.25) is 14.5 Å². The fourth-order valence-corrected chi connectivity index (χ4v) is 3.87. The van der Waals surface area contributed by atoms with Crippen molar-refractivity contribution in [1.29, 1.82) is 0 Å². The van der Waals surface area contributed by atoms with E-state index in [1.807, 2.05) is 54.7 Å². The lowest BCUT2D eigenvalue weighted by molar-refractivity contribution is -0.130. The number of H-pyrrole nitrogens is 1. The van der Waals surface area contributed by atoms with Gasteiger partial charge in [-0.05, 0) is 42.2 Å². The Morgan fingerprint density at radius 2 is 1.87 bits per heavy atom. The fourth-order valence-electron chi connectivity index (χ4n) is 3.87. The molecule has 7 heteroatoms. The number of carbonyl (C=O) groups is 3. The summed E-state index contributed by atoms with van der Waals surface area (Å²) in [5, 5.41) is 6.47.